The summed E-state index contributed by atoms with van der Waals surface area (Å²) in [5.74, 6) is 1.26. The number of benzene rings is 1. The molecule has 1 aromatic carbocycles. The predicted molar refractivity (Wildman–Crippen MR) is 95.8 cm³/mol. The van der Waals surface area contributed by atoms with Crippen LogP contribution in [0, 0.1) is 5.92 Å². The van der Waals surface area contributed by atoms with Crippen molar-refractivity contribution in [1.29, 1.82) is 0 Å². The molecule has 2 aliphatic heterocycles. The molecule has 0 saturated carbocycles. The molecule has 5 rings (SSSR count). The Labute approximate surface area is 153 Å². The van der Waals surface area contributed by atoms with Crippen molar-refractivity contribution in [2.75, 3.05) is 20.7 Å². The van der Waals surface area contributed by atoms with E-state index in [9.17, 15) is 5.11 Å². The minimum Gasteiger partial charge on any atom is -0.493 e. The first-order chi connectivity index (χ1) is 12.4. The van der Waals surface area contributed by atoms with E-state index in [1.165, 1.54) is 11.1 Å². The SMILES string of the molecule is CC(=O)O.COc1ccc2c3c1O[C@H]1[C@H](O)C=C[C@H]4[C@@H](C2)N(C)CC[C@@]341. The summed E-state index contributed by atoms with van der Waals surface area (Å²) in [5, 5.41) is 18.0. The maximum Gasteiger partial charge on any atom is 0.300 e. The predicted octanol–water partition coefficient (Wildman–Crippen LogP) is 1.59. The summed E-state index contributed by atoms with van der Waals surface area (Å²) in [6, 6.07) is 4.70. The van der Waals surface area contributed by atoms with Gasteiger partial charge in [-0.05, 0) is 38.1 Å². The normalized spacial score (nSPS) is 35.7. The lowest BCUT2D eigenvalue weighted by atomic mass is 9.53. The average molecular weight is 359 g/mol. The molecule has 2 bridgehead atoms. The molecule has 0 unspecified atom stereocenters. The number of rotatable bonds is 1. The Balaban J connectivity index is 0.000000385. The zero-order valence-corrected chi connectivity index (χ0v) is 15.3. The third-order valence-corrected chi connectivity index (χ3v) is 6.35. The van der Waals surface area contributed by atoms with Crippen LogP contribution in [0.4, 0.5) is 0 Å². The maximum atomic E-state index is 10.6. The van der Waals surface area contributed by atoms with Gasteiger partial charge < -0.3 is 24.6 Å². The Morgan fingerprint density at radius 1 is 1.38 bits per heavy atom. The zero-order chi connectivity index (χ0) is 18.6. The molecule has 1 saturated heterocycles. The lowest BCUT2D eigenvalue weighted by Crippen LogP contribution is -2.64. The van der Waals surface area contributed by atoms with Gasteiger partial charge in [-0.1, -0.05) is 18.2 Å². The monoisotopic (exact) mass is 359 g/mol. The number of carbonyl (C=O) groups is 1. The van der Waals surface area contributed by atoms with Gasteiger partial charge in [0.2, 0.25) is 0 Å². The van der Waals surface area contributed by atoms with Crippen molar-refractivity contribution >= 4 is 5.97 Å². The Kier molecular flexibility index (Phi) is 4.00. The summed E-state index contributed by atoms with van der Waals surface area (Å²) in [5.41, 5.74) is 2.60. The van der Waals surface area contributed by atoms with Crippen LogP contribution in [0.3, 0.4) is 0 Å². The molecule has 2 heterocycles. The summed E-state index contributed by atoms with van der Waals surface area (Å²) >= 11 is 0. The molecule has 26 heavy (non-hydrogen) atoms. The second-order valence-corrected chi connectivity index (χ2v) is 7.63. The van der Waals surface area contributed by atoms with Gasteiger partial charge in [-0.25, -0.2) is 0 Å². The van der Waals surface area contributed by atoms with Crippen LogP contribution in [-0.2, 0) is 16.6 Å². The van der Waals surface area contributed by atoms with Gasteiger partial charge in [0.25, 0.3) is 5.97 Å². The summed E-state index contributed by atoms with van der Waals surface area (Å²) in [7, 11) is 3.91. The zero-order valence-electron chi connectivity index (χ0n) is 15.3. The van der Waals surface area contributed by atoms with Crippen molar-refractivity contribution in [3.63, 3.8) is 0 Å². The summed E-state index contributed by atoms with van der Waals surface area (Å²) in [6.07, 6.45) is 5.54. The molecule has 2 N–H and O–H groups in total. The van der Waals surface area contributed by atoms with Crippen molar-refractivity contribution in [3.8, 4) is 11.5 Å². The van der Waals surface area contributed by atoms with E-state index in [1.807, 2.05) is 12.1 Å². The molecular formula is C20H25NO5. The highest BCUT2D eigenvalue weighted by Crippen LogP contribution is 2.62. The van der Waals surface area contributed by atoms with Gasteiger partial charge in [0, 0.05) is 29.9 Å². The van der Waals surface area contributed by atoms with E-state index in [4.69, 9.17) is 19.4 Å². The second-order valence-electron chi connectivity index (χ2n) is 7.63. The Morgan fingerprint density at radius 3 is 2.81 bits per heavy atom. The van der Waals surface area contributed by atoms with Gasteiger partial charge >= 0.3 is 0 Å². The van der Waals surface area contributed by atoms with Crippen molar-refractivity contribution in [2.24, 2.45) is 5.92 Å². The fourth-order valence-electron chi connectivity index (χ4n) is 5.39. The van der Waals surface area contributed by atoms with E-state index in [1.54, 1.807) is 7.11 Å². The van der Waals surface area contributed by atoms with Crippen LogP contribution >= 0.6 is 0 Å². The van der Waals surface area contributed by atoms with Crippen molar-refractivity contribution in [3.05, 3.63) is 35.4 Å². The fraction of sp³-hybridized carbons (Fsp3) is 0.550. The van der Waals surface area contributed by atoms with Crippen LogP contribution in [0.1, 0.15) is 24.5 Å². The first-order valence-corrected chi connectivity index (χ1v) is 9.03. The fourth-order valence-corrected chi connectivity index (χ4v) is 5.39. The molecule has 0 aromatic heterocycles. The van der Waals surface area contributed by atoms with Crippen molar-refractivity contribution in [2.45, 2.75) is 43.4 Å². The summed E-state index contributed by atoms with van der Waals surface area (Å²) in [4.78, 5) is 11.5. The highest BCUT2D eigenvalue weighted by molar-refractivity contribution is 5.63. The van der Waals surface area contributed by atoms with Crippen LogP contribution in [0.25, 0.3) is 0 Å². The number of aliphatic hydroxyl groups is 1. The molecular weight excluding hydrogens is 334 g/mol. The van der Waals surface area contributed by atoms with E-state index in [-0.39, 0.29) is 11.5 Å². The molecule has 1 fully saturated rings. The number of aliphatic carboxylic acids is 1. The van der Waals surface area contributed by atoms with Gasteiger partial charge in [0.15, 0.2) is 11.5 Å². The lowest BCUT2D eigenvalue weighted by Gasteiger charge is -2.56. The molecule has 4 aliphatic rings. The Morgan fingerprint density at radius 2 is 2.12 bits per heavy atom. The molecule has 6 nitrogen and oxygen atoms in total. The van der Waals surface area contributed by atoms with E-state index in [0.717, 1.165) is 37.8 Å². The van der Waals surface area contributed by atoms with Gasteiger partial charge in [-0.15, -0.1) is 0 Å². The van der Waals surface area contributed by atoms with Crippen LogP contribution in [0.5, 0.6) is 11.5 Å². The number of hydrogen-bond acceptors (Lipinski definition) is 5. The number of carboxylic acids is 1. The maximum absolute atomic E-state index is 10.6. The smallest absolute Gasteiger partial charge is 0.300 e. The number of aliphatic hydroxyl groups excluding tert-OH is 1. The minimum absolute atomic E-state index is 0.0806. The number of carboxylic acid groups (broad SMARTS) is 1. The van der Waals surface area contributed by atoms with Gasteiger partial charge in [-0.2, -0.15) is 0 Å². The largest absolute Gasteiger partial charge is 0.493 e. The average Bonchev–Trinajstić information content (AvgIpc) is 2.94. The number of likely N-dealkylation sites (N-methyl/N-ethyl adjacent to an activating group) is 1. The number of methoxy groups -OCH3 is 1. The highest BCUT2D eigenvalue weighted by atomic mass is 16.5. The number of nitrogens with zero attached hydrogens (tertiary/aromatic N) is 1. The van der Waals surface area contributed by atoms with Crippen molar-refractivity contribution in [1.82, 2.24) is 4.90 Å². The number of likely N-dealkylation sites (tertiary alicyclic amines) is 1. The van der Waals surface area contributed by atoms with Crippen LogP contribution in [-0.4, -0.2) is 60.0 Å². The van der Waals surface area contributed by atoms with Crippen LogP contribution in [0.2, 0.25) is 0 Å². The van der Waals surface area contributed by atoms with Crippen molar-refractivity contribution < 1.29 is 24.5 Å². The van der Waals surface area contributed by atoms with E-state index in [0.29, 0.717) is 12.0 Å². The number of piperidine rings is 1. The summed E-state index contributed by atoms with van der Waals surface area (Å²) in [6.45, 7) is 2.14. The molecule has 0 radical (unpaired) electrons. The molecule has 1 spiro atoms. The molecule has 1 aromatic rings. The Bertz CT molecular complexity index is 772. The molecule has 140 valence electrons. The molecule has 2 aliphatic carbocycles. The standard InChI is InChI=1S/C18H21NO3.C2H4O2/c1-19-8-7-18-11-4-5-13(20)17(18)22-16-14(21-2)6-3-10(15(16)18)9-12(11)19;1-2(3)4/h3-6,11-13,17,20H,7-9H2,1-2H3;1H3,(H,3,4)/t11-,12+,13+,17-,18-;/m0./s1. The lowest BCUT2D eigenvalue weighted by molar-refractivity contribution is -0.134. The Hall–Kier alpha value is -2.05. The van der Waals surface area contributed by atoms with Crippen LogP contribution < -0.4 is 9.47 Å². The second kappa shape index (κ2) is 5.99. The minimum atomic E-state index is -0.833. The van der Waals surface area contributed by atoms with E-state index < -0.39 is 12.1 Å². The first kappa shape index (κ1) is 17.4. The summed E-state index contributed by atoms with van der Waals surface area (Å²) < 4.78 is 11.8. The van der Waals surface area contributed by atoms with Gasteiger partial charge in [-0.3, -0.25) is 4.79 Å². The van der Waals surface area contributed by atoms with E-state index in [2.05, 4.69) is 24.1 Å². The molecule has 5 atom stereocenters. The first-order valence-electron chi connectivity index (χ1n) is 9.03. The van der Waals surface area contributed by atoms with Gasteiger partial charge in [0.05, 0.1) is 7.11 Å². The third-order valence-electron chi connectivity index (χ3n) is 6.35. The highest BCUT2D eigenvalue weighted by Gasteiger charge is 2.64. The molecule has 0 amide bonds. The topological polar surface area (TPSA) is 79.2 Å². The molecule has 6 heteroatoms. The van der Waals surface area contributed by atoms with E-state index >= 15 is 0 Å². The number of hydrogen-bond donors (Lipinski definition) is 2. The van der Waals surface area contributed by atoms with Gasteiger partial charge in [0.1, 0.15) is 12.2 Å². The van der Waals surface area contributed by atoms with Crippen LogP contribution in [0.15, 0.2) is 24.3 Å². The number of ether oxygens (including phenoxy) is 2. The quantitative estimate of drug-likeness (QED) is 0.742. The third kappa shape index (κ3) is 2.21.